The SMILES string of the molecule is CCN(CC)CC(=O)OC[C@H]1C(=O)N2[C@@H](C(=O)O)C(C)(C)S(=O)(=O)[C@H]12. The Bertz CT molecular complexity index is 684. The number of likely N-dealkylation sites (N-methyl/N-ethyl adjacent to an activating group) is 1. The first-order valence-corrected chi connectivity index (χ1v) is 9.71. The molecule has 0 bridgehead atoms. The average molecular weight is 376 g/mol. The molecule has 0 radical (unpaired) electrons. The quantitative estimate of drug-likeness (QED) is 0.458. The molecule has 2 heterocycles. The van der Waals surface area contributed by atoms with Crippen LogP contribution in [0.5, 0.6) is 0 Å². The van der Waals surface area contributed by atoms with Crippen LogP contribution in [0.4, 0.5) is 0 Å². The molecule has 2 saturated heterocycles. The number of carboxylic acids is 1. The lowest BCUT2D eigenvalue weighted by molar-refractivity contribution is -0.169. The number of sulfone groups is 1. The molecule has 2 fully saturated rings. The fraction of sp³-hybridized carbons (Fsp3) is 0.800. The Hall–Kier alpha value is -1.68. The van der Waals surface area contributed by atoms with E-state index in [0.717, 1.165) is 4.90 Å². The highest BCUT2D eigenvalue weighted by molar-refractivity contribution is 7.93. The van der Waals surface area contributed by atoms with Crippen molar-refractivity contribution in [2.75, 3.05) is 26.2 Å². The lowest BCUT2D eigenvalue weighted by atomic mass is 9.92. The van der Waals surface area contributed by atoms with Gasteiger partial charge >= 0.3 is 11.9 Å². The summed E-state index contributed by atoms with van der Waals surface area (Å²) in [5.74, 6) is -3.56. The molecule has 1 amide bonds. The number of β-lactam (4-membered cyclic amide) rings is 1. The van der Waals surface area contributed by atoms with Crippen LogP contribution in [-0.2, 0) is 29.0 Å². The fourth-order valence-corrected chi connectivity index (χ4v) is 5.72. The van der Waals surface area contributed by atoms with Crippen LogP contribution >= 0.6 is 0 Å². The summed E-state index contributed by atoms with van der Waals surface area (Å²) < 4.78 is 28.8. The molecule has 0 unspecified atom stereocenters. The van der Waals surface area contributed by atoms with Gasteiger partial charge in [-0.25, -0.2) is 13.2 Å². The summed E-state index contributed by atoms with van der Waals surface area (Å²) in [5.41, 5.74) is 0. The van der Waals surface area contributed by atoms with Gasteiger partial charge < -0.3 is 14.7 Å². The zero-order valence-corrected chi connectivity index (χ0v) is 15.6. The van der Waals surface area contributed by atoms with Crippen molar-refractivity contribution in [1.29, 1.82) is 0 Å². The Morgan fingerprint density at radius 3 is 2.32 bits per heavy atom. The molecule has 142 valence electrons. The topological polar surface area (TPSA) is 121 Å². The van der Waals surface area contributed by atoms with E-state index in [4.69, 9.17) is 4.74 Å². The van der Waals surface area contributed by atoms with Gasteiger partial charge in [-0.3, -0.25) is 14.5 Å². The van der Waals surface area contributed by atoms with Crippen LogP contribution < -0.4 is 0 Å². The van der Waals surface area contributed by atoms with Gasteiger partial charge in [0.1, 0.15) is 18.6 Å². The van der Waals surface area contributed by atoms with Gasteiger partial charge in [0.2, 0.25) is 5.91 Å². The van der Waals surface area contributed by atoms with Crippen LogP contribution in [0, 0.1) is 5.92 Å². The first-order valence-electron chi connectivity index (χ1n) is 8.17. The number of hydrogen-bond donors (Lipinski definition) is 1. The van der Waals surface area contributed by atoms with Crippen molar-refractivity contribution in [3.05, 3.63) is 0 Å². The van der Waals surface area contributed by atoms with Crippen molar-refractivity contribution in [3.63, 3.8) is 0 Å². The molecule has 9 nitrogen and oxygen atoms in total. The van der Waals surface area contributed by atoms with Crippen molar-refractivity contribution >= 4 is 27.7 Å². The Morgan fingerprint density at radius 1 is 1.28 bits per heavy atom. The highest BCUT2D eigenvalue weighted by Crippen LogP contribution is 2.48. The maximum atomic E-state index is 12.7. The Kier molecular flexibility index (Phi) is 5.16. The van der Waals surface area contributed by atoms with E-state index in [1.807, 2.05) is 18.7 Å². The van der Waals surface area contributed by atoms with Crippen molar-refractivity contribution in [3.8, 4) is 0 Å². The number of carbonyl (C=O) groups is 3. The maximum absolute atomic E-state index is 12.7. The van der Waals surface area contributed by atoms with Gasteiger partial charge in [-0.1, -0.05) is 13.8 Å². The average Bonchev–Trinajstić information content (AvgIpc) is 2.66. The Balaban J connectivity index is 2.10. The Labute approximate surface area is 146 Å². The van der Waals surface area contributed by atoms with E-state index in [0.29, 0.717) is 13.1 Å². The number of carboxylic acid groups (broad SMARTS) is 1. The second kappa shape index (κ2) is 6.56. The lowest BCUT2D eigenvalue weighted by Crippen LogP contribution is -2.64. The minimum Gasteiger partial charge on any atom is -0.480 e. The zero-order valence-electron chi connectivity index (χ0n) is 14.8. The fourth-order valence-electron chi connectivity index (χ4n) is 3.42. The maximum Gasteiger partial charge on any atom is 0.328 e. The standard InChI is InChI=1S/C15H24N2O7S/c1-5-16(6-2)7-10(18)24-8-9-12(19)17-11(14(20)21)15(3,4)25(22,23)13(9)17/h9,11,13H,5-8H2,1-4H3,(H,20,21)/t9-,11-,13+/m0/s1. The highest BCUT2D eigenvalue weighted by atomic mass is 32.2. The van der Waals surface area contributed by atoms with Crippen LogP contribution in [-0.4, -0.2) is 83.6 Å². The second-order valence-electron chi connectivity index (χ2n) is 6.78. The third kappa shape index (κ3) is 2.91. The number of fused-ring (bicyclic) bond motifs is 1. The van der Waals surface area contributed by atoms with Crippen LogP contribution in [0.2, 0.25) is 0 Å². The smallest absolute Gasteiger partial charge is 0.328 e. The van der Waals surface area contributed by atoms with Crippen molar-refractivity contribution < 1.29 is 32.6 Å². The van der Waals surface area contributed by atoms with Gasteiger partial charge in [0.25, 0.3) is 0 Å². The number of carbonyl (C=O) groups excluding carboxylic acids is 2. The summed E-state index contributed by atoms with van der Waals surface area (Å²) in [7, 11) is -3.90. The molecule has 2 aliphatic rings. The molecule has 2 rings (SSSR count). The predicted octanol–water partition coefficient (Wildman–Crippen LogP) is -0.684. The Morgan fingerprint density at radius 2 is 1.84 bits per heavy atom. The lowest BCUT2D eigenvalue weighted by Gasteiger charge is -2.42. The molecule has 0 spiro atoms. The van der Waals surface area contributed by atoms with Gasteiger partial charge in [0, 0.05) is 0 Å². The van der Waals surface area contributed by atoms with E-state index in [1.54, 1.807) is 0 Å². The number of hydrogen-bond acceptors (Lipinski definition) is 7. The van der Waals surface area contributed by atoms with Crippen LogP contribution in [0.25, 0.3) is 0 Å². The van der Waals surface area contributed by atoms with E-state index in [9.17, 15) is 27.9 Å². The summed E-state index contributed by atoms with van der Waals surface area (Å²) >= 11 is 0. The molecule has 10 heteroatoms. The molecule has 0 aromatic heterocycles. The molecular formula is C15H24N2O7S. The van der Waals surface area contributed by atoms with Gasteiger partial charge in [0.05, 0.1) is 11.3 Å². The van der Waals surface area contributed by atoms with Crippen LogP contribution in [0.1, 0.15) is 27.7 Å². The molecule has 0 aromatic rings. The molecule has 2 aliphatic heterocycles. The number of amides is 1. The molecule has 25 heavy (non-hydrogen) atoms. The van der Waals surface area contributed by atoms with Crippen LogP contribution in [0.15, 0.2) is 0 Å². The van der Waals surface area contributed by atoms with Crippen molar-refractivity contribution in [1.82, 2.24) is 9.80 Å². The normalized spacial score (nSPS) is 29.2. The van der Waals surface area contributed by atoms with Crippen molar-refractivity contribution in [2.24, 2.45) is 5.92 Å². The molecule has 0 aromatic carbocycles. The first kappa shape index (κ1) is 19.6. The van der Waals surface area contributed by atoms with E-state index in [2.05, 4.69) is 0 Å². The molecular weight excluding hydrogens is 352 g/mol. The molecule has 0 saturated carbocycles. The highest BCUT2D eigenvalue weighted by Gasteiger charge is 2.72. The number of ether oxygens (including phenoxy) is 1. The zero-order chi connectivity index (χ0) is 19.2. The van der Waals surface area contributed by atoms with Gasteiger partial charge in [-0.2, -0.15) is 0 Å². The summed E-state index contributed by atoms with van der Waals surface area (Å²) in [6.45, 7) is 7.40. The third-order valence-corrected chi connectivity index (χ3v) is 7.96. The molecule has 1 N–H and O–H groups in total. The first-order chi connectivity index (χ1) is 11.5. The summed E-state index contributed by atoms with van der Waals surface area (Å²) in [6, 6.07) is -1.43. The monoisotopic (exact) mass is 376 g/mol. The summed E-state index contributed by atoms with van der Waals surface area (Å²) in [6.07, 6.45) is 0. The second-order valence-corrected chi connectivity index (χ2v) is 9.40. The minimum atomic E-state index is -3.90. The summed E-state index contributed by atoms with van der Waals surface area (Å²) in [5, 5.41) is 8.08. The van der Waals surface area contributed by atoms with Crippen molar-refractivity contribution in [2.45, 2.75) is 43.9 Å². The van der Waals surface area contributed by atoms with Crippen LogP contribution in [0.3, 0.4) is 0 Å². The predicted molar refractivity (Wildman–Crippen MR) is 87.3 cm³/mol. The van der Waals surface area contributed by atoms with Gasteiger partial charge in [0.15, 0.2) is 15.2 Å². The number of esters is 1. The molecule has 0 aliphatic carbocycles. The number of rotatable bonds is 7. The van der Waals surface area contributed by atoms with E-state index < -0.39 is 49.8 Å². The largest absolute Gasteiger partial charge is 0.480 e. The minimum absolute atomic E-state index is 0.0539. The van der Waals surface area contributed by atoms with E-state index in [1.165, 1.54) is 13.8 Å². The number of aliphatic carboxylic acids is 1. The summed E-state index contributed by atoms with van der Waals surface area (Å²) in [4.78, 5) is 38.3. The third-order valence-electron chi connectivity index (χ3n) is 5.08. The van der Waals surface area contributed by atoms with Gasteiger partial charge in [-0.05, 0) is 26.9 Å². The van der Waals surface area contributed by atoms with Gasteiger partial charge in [-0.15, -0.1) is 0 Å². The van der Waals surface area contributed by atoms with E-state index in [-0.39, 0.29) is 13.2 Å². The molecule has 3 atom stereocenters. The number of nitrogens with zero attached hydrogens (tertiary/aromatic N) is 2. The van der Waals surface area contributed by atoms with E-state index >= 15 is 0 Å².